The fourth-order valence-corrected chi connectivity index (χ4v) is 3.50. The maximum absolute atomic E-state index is 5.95. The number of pyridine rings is 1. The van der Waals surface area contributed by atoms with Crippen LogP contribution in [0.5, 0.6) is 0 Å². The molecule has 1 N–H and O–H groups in total. The summed E-state index contributed by atoms with van der Waals surface area (Å²) in [6.07, 6.45) is 5.21. The Labute approximate surface area is 184 Å². The largest absolute Gasteiger partial charge is 0.385 e. The molecule has 0 unspecified atom stereocenters. The van der Waals surface area contributed by atoms with Gasteiger partial charge in [0.05, 0.1) is 11.6 Å². The van der Waals surface area contributed by atoms with Gasteiger partial charge < -0.3 is 19.7 Å². The average Bonchev–Trinajstić information content (AvgIpc) is 2.73. The van der Waals surface area contributed by atoms with Gasteiger partial charge in [-0.25, -0.2) is 0 Å². The molecule has 154 valence electrons. The number of aromatic nitrogens is 1. The van der Waals surface area contributed by atoms with Crippen molar-refractivity contribution in [3.8, 4) is 0 Å². The molecule has 1 fully saturated rings. The van der Waals surface area contributed by atoms with Crippen LogP contribution in [0.4, 0.5) is 0 Å². The number of benzene rings is 1. The Morgan fingerprint density at radius 1 is 1.21 bits per heavy atom. The number of aliphatic imine (C=N–C) groups is 1. The third kappa shape index (κ3) is 6.28. The molecule has 7 heteroatoms. The van der Waals surface area contributed by atoms with Gasteiger partial charge in [-0.05, 0) is 30.9 Å². The minimum Gasteiger partial charge on any atom is -0.385 e. The smallest absolute Gasteiger partial charge is 0.193 e. The Bertz CT molecular complexity index is 743. The van der Waals surface area contributed by atoms with Gasteiger partial charge in [0.25, 0.3) is 0 Å². The van der Waals surface area contributed by atoms with Gasteiger partial charge in [0.1, 0.15) is 0 Å². The Balaban J connectivity index is 0.00000280. The molecule has 0 amide bonds. The van der Waals surface area contributed by atoms with Crippen molar-refractivity contribution in [2.45, 2.75) is 31.9 Å². The van der Waals surface area contributed by atoms with E-state index in [1.807, 2.05) is 19.3 Å². The summed E-state index contributed by atoms with van der Waals surface area (Å²) in [5.41, 5.74) is 2.23. The number of nitrogens with one attached hydrogen (secondary N) is 1. The van der Waals surface area contributed by atoms with E-state index in [1.165, 1.54) is 10.9 Å². The number of ether oxygens (including phenoxy) is 2. The first kappa shape index (κ1) is 22.8. The number of para-hydroxylation sites is 1. The zero-order valence-electron chi connectivity index (χ0n) is 16.8. The zero-order chi connectivity index (χ0) is 18.9. The molecule has 0 spiro atoms. The van der Waals surface area contributed by atoms with Crippen LogP contribution in [0.15, 0.2) is 41.5 Å². The Kier molecular flexibility index (Phi) is 9.94. The highest BCUT2D eigenvalue weighted by Crippen LogP contribution is 2.17. The fraction of sp³-hybridized carbons (Fsp3) is 0.524. The summed E-state index contributed by atoms with van der Waals surface area (Å²) in [5.74, 6) is 0.945. The molecular weight excluding hydrogens is 467 g/mol. The molecule has 0 bridgehead atoms. The van der Waals surface area contributed by atoms with Gasteiger partial charge in [0, 0.05) is 58.6 Å². The molecule has 2 heterocycles. The number of likely N-dealkylation sites (tertiary alicyclic amines) is 1. The van der Waals surface area contributed by atoms with Crippen LogP contribution in [0.3, 0.4) is 0 Å². The van der Waals surface area contributed by atoms with Crippen molar-refractivity contribution in [2.24, 2.45) is 4.99 Å². The first-order valence-electron chi connectivity index (χ1n) is 9.70. The van der Waals surface area contributed by atoms with Crippen molar-refractivity contribution in [2.75, 3.05) is 40.5 Å². The average molecular weight is 498 g/mol. The molecule has 1 aliphatic rings. The van der Waals surface area contributed by atoms with Crippen molar-refractivity contribution < 1.29 is 9.47 Å². The maximum Gasteiger partial charge on any atom is 0.193 e. The third-order valence-electron chi connectivity index (χ3n) is 4.95. The quantitative estimate of drug-likeness (QED) is 0.274. The summed E-state index contributed by atoms with van der Waals surface area (Å²) in [5, 5.41) is 4.67. The fourth-order valence-electron chi connectivity index (χ4n) is 3.50. The second-order valence-electron chi connectivity index (χ2n) is 6.80. The summed E-state index contributed by atoms with van der Waals surface area (Å²) in [6, 6.07) is 10.4. The van der Waals surface area contributed by atoms with Gasteiger partial charge >= 0.3 is 0 Å². The maximum atomic E-state index is 5.95. The van der Waals surface area contributed by atoms with E-state index in [9.17, 15) is 0 Å². The number of fused-ring (bicyclic) bond motifs is 1. The molecule has 1 saturated heterocycles. The van der Waals surface area contributed by atoms with Gasteiger partial charge in [-0.1, -0.05) is 24.3 Å². The van der Waals surface area contributed by atoms with Gasteiger partial charge in [0.2, 0.25) is 0 Å². The zero-order valence-corrected chi connectivity index (χ0v) is 19.1. The lowest BCUT2D eigenvalue weighted by Crippen LogP contribution is -2.46. The molecule has 2 aromatic rings. The third-order valence-corrected chi connectivity index (χ3v) is 4.95. The van der Waals surface area contributed by atoms with Crippen molar-refractivity contribution in [1.29, 1.82) is 0 Å². The van der Waals surface area contributed by atoms with E-state index >= 15 is 0 Å². The van der Waals surface area contributed by atoms with Crippen molar-refractivity contribution in [1.82, 2.24) is 15.2 Å². The lowest BCUT2D eigenvalue weighted by atomic mass is 10.1. The second kappa shape index (κ2) is 12.2. The van der Waals surface area contributed by atoms with E-state index in [2.05, 4.69) is 44.5 Å². The number of methoxy groups -OCH3 is 1. The van der Waals surface area contributed by atoms with Crippen LogP contribution in [0.1, 0.15) is 24.8 Å². The number of nitrogens with zero attached hydrogens (tertiary/aromatic N) is 3. The molecule has 6 nitrogen and oxygen atoms in total. The summed E-state index contributed by atoms with van der Waals surface area (Å²) >= 11 is 0. The molecule has 3 rings (SSSR count). The predicted octanol–water partition coefficient (Wildman–Crippen LogP) is 3.45. The minimum atomic E-state index is 0. The van der Waals surface area contributed by atoms with E-state index in [4.69, 9.17) is 9.47 Å². The molecule has 0 saturated carbocycles. The number of rotatable bonds is 7. The molecule has 1 aromatic carbocycles. The lowest BCUT2D eigenvalue weighted by molar-refractivity contribution is 0.00990. The molecule has 1 aromatic heterocycles. The molecule has 28 heavy (non-hydrogen) atoms. The summed E-state index contributed by atoms with van der Waals surface area (Å²) in [7, 11) is 3.57. The lowest BCUT2D eigenvalue weighted by Gasteiger charge is -2.34. The van der Waals surface area contributed by atoms with Gasteiger partial charge in [-0.3, -0.25) is 9.98 Å². The molecule has 0 atom stereocenters. The first-order chi connectivity index (χ1) is 13.3. The molecular formula is C21H31IN4O2. The van der Waals surface area contributed by atoms with Crippen LogP contribution in [0.25, 0.3) is 10.9 Å². The second-order valence-corrected chi connectivity index (χ2v) is 6.80. The van der Waals surface area contributed by atoms with Gasteiger partial charge in [-0.15, -0.1) is 24.0 Å². The standard InChI is InChI=1S/C21H30N4O2.HI/c1-22-21(25-12-9-19(10-13-25)27-15-5-14-26-2)24-16-18-7-3-6-17-8-4-11-23-20(17)18;/h3-4,6-8,11,19H,5,9-10,12-16H2,1-2H3,(H,22,24);1H. The number of hydrogen-bond donors (Lipinski definition) is 1. The number of halogens is 1. The van der Waals surface area contributed by atoms with E-state index in [-0.39, 0.29) is 24.0 Å². The topological polar surface area (TPSA) is 59.0 Å². The van der Waals surface area contributed by atoms with Crippen LogP contribution in [-0.4, -0.2) is 62.4 Å². The SMILES string of the molecule is CN=C(NCc1cccc2cccnc12)N1CCC(OCCCOC)CC1.I. The molecule has 0 radical (unpaired) electrons. The van der Waals surface area contributed by atoms with E-state index in [0.717, 1.165) is 57.0 Å². The van der Waals surface area contributed by atoms with E-state index in [1.54, 1.807) is 7.11 Å². The van der Waals surface area contributed by atoms with Gasteiger partial charge in [-0.2, -0.15) is 0 Å². The normalized spacial score (nSPS) is 15.5. The Morgan fingerprint density at radius 2 is 2.00 bits per heavy atom. The number of hydrogen-bond acceptors (Lipinski definition) is 4. The van der Waals surface area contributed by atoms with Gasteiger partial charge in [0.15, 0.2) is 5.96 Å². The van der Waals surface area contributed by atoms with Crippen LogP contribution >= 0.6 is 24.0 Å². The highest BCUT2D eigenvalue weighted by Gasteiger charge is 2.21. The summed E-state index contributed by atoms with van der Waals surface area (Å²) < 4.78 is 11.0. The van der Waals surface area contributed by atoms with Crippen LogP contribution < -0.4 is 5.32 Å². The Morgan fingerprint density at radius 3 is 2.75 bits per heavy atom. The summed E-state index contributed by atoms with van der Waals surface area (Å²) in [4.78, 5) is 11.3. The Hall–Kier alpha value is -1.45. The van der Waals surface area contributed by atoms with E-state index in [0.29, 0.717) is 12.6 Å². The summed E-state index contributed by atoms with van der Waals surface area (Å²) in [6.45, 7) is 4.18. The number of guanidine groups is 1. The van der Waals surface area contributed by atoms with Crippen molar-refractivity contribution in [3.05, 3.63) is 42.1 Å². The van der Waals surface area contributed by atoms with Crippen LogP contribution in [-0.2, 0) is 16.0 Å². The monoisotopic (exact) mass is 498 g/mol. The highest BCUT2D eigenvalue weighted by atomic mass is 127. The predicted molar refractivity (Wildman–Crippen MR) is 124 cm³/mol. The molecule has 0 aliphatic carbocycles. The minimum absolute atomic E-state index is 0. The van der Waals surface area contributed by atoms with Crippen LogP contribution in [0, 0.1) is 0 Å². The molecule has 1 aliphatic heterocycles. The van der Waals surface area contributed by atoms with Crippen molar-refractivity contribution >= 4 is 40.8 Å². The van der Waals surface area contributed by atoms with Crippen LogP contribution in [0.2, 0.25) is 0 Å². The van der Waals surface area contributed by atoms with E-state index < -0.39 is 0 Å². The van der Waals surface area contributed by atoms with Crippen molar-refractivity contribution in [3.63, 3.8) is 0 Å². The number of piperidine rings is 1. The highest BCUT2D eigenvalue weighted by molar-refractivity contribution is 14.0. The first-order valence-corrected chi connectivity index (χ1v) is 9.70.